The SMILES string of the molecule is Cn1ccc(CNc2ccc(O)cc2)n1. The molecule has 0 fully saturated rings. The Bertz CT molecular complexity index is 433. The van der Waals surface area contributed by atoms with Crippen LogP contribution in [0, 0.1) is 0 Å². The van der Waals surface area contributed by atoms with E-state index in [1.807, 2.05) is 31.4 Å². The fourth-order valence-electron chi connectivity index (χ4n) is 1.33. The van der Waals surface area contributed by atoms with E-state index in [-0.39, 0.29) is 5.75 Å². The second-order valence-electron chi connectivity index (χ2n) is 3.38. The van der Waals surface area contributed by atoms with Crippen LogP contribution in [0.3, 0.4) is 0 Å². The predicted molar refractivity (Wildman–Crippen MR) is 58.6 cm³/mol. The highest BCUT2D eigenvalue weighted by Crippen LogP contribution is 2.14. The highest BCUT2D eigenvalue weighted by Gasteiger charge is 1.96. The van der Waals surface area contributed by atoms with Crippen molar-refractivity contribution in [1.82, 2.24) is 9.78 Å². The number of rotatable bonds is 3. The van der Waals surface area contributed by atoms with Crippen LogP contribution in [0.2, 0.25) is 0 Å². The van der Waals surface area contributed by atoms with Gasteiger partial charge in [0.15, 0.2) is 0 Å². The summed E-state index contributed by atoms with van der Waals surface area (Å²) in [4.78, 5) is 0. The minimum Gasteiger partial charge on any atom is -0.508 e. The van der Waals surface area contributed by atoms with Crippen molar-refractivity contribution in [2.75, 3.05) is 5.32 Å². The van der Waals surface area contributed by atoms with Gasteiger partial charge in [-0.1, -0.05) is 0 Å². The Hall–Kier alpha value is -1.97. The van der Waals surface area contributed by atoms with Crippen molar-refractivity contribution >= 4 is 5.69 Å². The van der Waals surface area contributed by atoms with E-state index < -0.39 is 0 Å². The summed E-state index contributed by atoms with van der Waals surface area (Å²) in [6.45, 7) is 0.686. The summed E-state index contributed by atoms with van der Waals surface area (Å²) in [6.07, 6.45) is 1.91. The standard InChI is InChI=1S/C11H13N3O/c1-14-7-6-10(13-14)8-12-9-2-4-11(15)5-3-9/h2-7,12,15H,8H2,1H3. The van der Waals surface area contributed by atoms with Gasteiger partial charge in [-0.05, 0) is 30.3 Å². The monoisotopic (exact) mass is 203 g/mol. The van der Waals surface area contributed by atoms with Gasteiger partial charge in [0.05, 0.1) is 12.2 Å². The van der Waals surface area contributed by atoms with Gasteiger partial charge in [0.1, 0.15) is 5.75 Å². The topological polar surface area (TPSA) is 50.1 Å². The van der Waals surface area contributed by atoms with E-state index >= 15 is 0 Å². The molecule has 0 aliphatic rings. The molecule has 4 nitrogen and oxygen atoms in total. The highest BCUT2D eigenvalue weighted by atomic mass is 16.3. The normalized spacial score (nSPS) is 10.2. The lowest BCUT2D eigenvalue weighted by Crippen LogP contribution is -2.00. The zero-order chi connectivity index (χ0) is 10.7. The van der Waals surface area contributed by atoms with Crippen molar-refractivity contribution in [3.8, 4) is 5.75 Å². The third-order valence-corrected chi connectivity index (χ3v) is 2.11. The second kappa shape index (κ2) is 4.04. The van der Waals surface area contributed by atoms with Crippen LogP contribution < -0.4 is 5.32 Å². The molecule has 2 N–H and O–H groups in total. The van der Waals surface area contributed by atoms with Gasteiger partial charge in [0.2, 0.25) is 0 Å². The van der Waals surface area contributed by atoms with Gasteiger partial charge in [-0.25, -0.2) is 0 Å². The first-order valence-electron chi connectivity index (χ1n) is 4.75. The molecule has 0 atom stereocenters. The molecule has 15 heavy (non-hydrogen) atoms. The van der Waals surface area contributed by atoms with Crippen LogP contribution in [-0.2, 0) is 13.6 Å². The van der Waals surface area contributed by atoms with E-state index in [4.69, 9.17) is 5.11 Å². The van der Waals surface area contributed by atoms with Crippen molar-refractivity contribution in [3.63, 3.8) is 0 Å². The zero-order valence-corrected chi connectivity index (χ0v) is 8.51. The highest BCUT2D eigenvalue weighted by molar-refractivity contribution is 5.46. The minimum atomic E-state index is 0.276. The first kappa shape index (κ1) is 9.58. The van der Waals surface area contributed by atoms with E-state index in [0.717, 1.165) is 11.4 Å². The van der Waals surface area contributed by atoms with Crippen LogP contribution in [-0.4, -0.2) is 14.9 Å². The van der Waals surface area contributed by atoms with Crippen LogP contribution in [0.4, 0.5) is 5.69 Å². The van der Waals surface area contributed by atoms with E-state index in [1.165, 1.54) is 0 Å². The van der Waals surface area contributed by atoms with Crippen molar-refractivity contribution < 1.29 is 5.11 Å². The Kier molecular flexibility index (Phi) is 2.58. The van der Waals surface area contributed by atoms with Gasteiger partial charge >= 0.3 is 0 Å². The van der Waals surface area contributed by atoms with Gasteiger partial charge in [-0.3, -0.25) is 4.68 Å². The molecule has 2 aromatic rings. The van der Waals surface area contributed by atoms with Crippen molar-refractivity contribution in [2.24, 2.45) is 7.05 Å². The van der Waals surface area contributed by atoms with Crippen molar-refractivity contribution in [3.05, 3.63) is 42.2 Å². The number of nitrogens with one attached hydrogen (secondary N) is 1. The number of nitrogens with zero attached hydrogens (tertiary/aromatic N) is 2. The average Bonchev–Trinajstić information content (AvgIpc) is 2.64. The maximum absolute atomic E-state index is 9.10. The van der Waals surface area contributed by atoms with Crippen LogP contribution in [0.5, 0.6) is 5.75 Å². The maximum atomic E-state index is 9.10. The molecule has 1 aromatic heterocycles. The van der Waals surface area contributed by atoms with E-state index in [0.29, 0.717) is 6.54 Å². The lowest BCUT2D eigenvalue weighted by molar-refractivity contribution is 0.475. The van der Waals surface area contributed by atoms with Crippen molar-refractivity contribution in [2.45, 2.75) is 6.54 Å². The Balaban J connectivity index is 1.96. The molecular formula is C11H13N3O. The van der Waals surface area contributed by atoms with Gasteiger partial charge < -0.3 is 10.4 Å². The van der Waals surface area contributed by atoms with Crippen LogP contribution in [0.25, 0.3) is 0 Å². The molecule has 4 heteroatoms. The molecular weight excluding hydrogens is 190 g/mol. The lowest BCUT2D eigenvalue weighted by atomic mass is 10.3. The number of anilines is 1. The van der Waals surface area contributed by atoms with Gasteiger partial charge in [-0.2, -0.15) is 5.10 Å². The molecule has 0 saturated heterocycles. The lowest BCUT2D eigenvalue weighted by Gasteiger charge is -2.03. The number of aromatic nitrogens is 2. The molecule has 0 unspecified atom stereocenters. The largest absolute Gasteiger partial charge is 0.508 e. The second-order valence-corrected chi connectivity index (χ2v) is 3.38. The molecule has 0 aliphatic carbocycles. The summed E-state index contributed by atoms with van der Waals surface area (Å²) in [6, 6.07) is 8.94. The summed E-state index contributed by atoms with van der Waals surface area (Å²) in [5.41, 5.74) is 1.96. The third-order valence-electron chi connectivity index (χ3n) is 2.11. The first-order valence-corrected chi connectivity index (χ1v) is 4.75. The van der Waals surface area contributed by atoms with E-state index in [2.05, 4.69) is 10.4 Å². The molecule has 78 valence electrons. The molecule has 0 radical (unpaired) electrons. The summed E-state index contributed by atoms with van der Waals surface area (Å²) >= 11 is 0. The van der Waals surface area contributed by atoms with E-state index in [9.17, 15) is 0 Å². The fourth-order valence-corrected chi connectivity index (χ4v) is 1.33. The Morgan fingerprint density at radius 1 is 1.27 bits per heavy atom. The Labute approximate surface area is 88.2 Å². The molecule has 2 rings (SSSR count). The van der Waals surface area contributed by atoms with Gasteiger partial charge in [0, 0.05) is 18.9 Å². The quantitative estimate of drug-likeness (QED) is 0.747. The summed E-state index contributed by atoms with van der Waals surface area (Å²) in [5, 5.41) is 16.6. The minimum absolute atomic E-state index is 0.276. The number of aryl methyl sites for hydroxylation is 1. The van der Waals surface area contributed by atoms with Gasteiger partial charge in [0.25, 0.3) is 0 Å². The number of hydrogen-bond acceptors (Lipinski definition) is 3. The van der Waals surface area contributed by atoms with Crippen LogP contribution in [0.1, 0.15) is 5.69 Å². The molecule has 0 aliphatic heterocycles. The number of phenols is 1. The third kappa shape index (κ3) is 2.49. The summed E-state index contributed by atoms with van der Waals surface area (Å²) < 4.78 is 1.77. The number of benzene rings is 1. The molecule has 0 bridgehead atoms. The summed E-state index contributed by atoms with van der Waals surface area (Å²) in [5.74, 6) is 0.276. The number of phenolic OH excluding ortho intramolecular Hbond substituents is 1. The average molecular weight is 203 g/mol. The molecule has 0 amide bonds. The molecule has 1 heterocycles. The van der Waals surface area contributed by atoms with Gasteiger partial charge in [-0.15, -0.1) is 0 Å². The number of aromatic hydroxyl groups is 1. The zero-order valence-electron chi connectivity index (χ0n) is 8.51. The molecule has 1 aromatic carbocycles. The first-order chi connectivity index (χ1) is 7.24. The predicted octanol–water partition coefficient (Wildman–Crippen LogP) is 1.74. The Morgan fingerprint density at radius 2 is 2.00 bits per heavy atom. The molecule has 0 spiro atoms. The maximum Gasteiger partial charge on any atom is 0.115 e. The van der Waals surface area contributed by atoms with E-state index in [1.54, 1.807) is 16.8 Å². The number of hydrogen-bond donors (Lipinski definition) is 2. The van der Waals surface area contributed by atoms with Crippen molar-refractivity contribution in [1.29, 1.82) is 0 Å². The summed E-state index contributed by atoms with van der Waals surface area (Å²) in [7, 11) is 1.89. The van der Waals surface area contributed by atoms with Crippen LogP contribution in [0.15, 0.2) is 36.5 Å². The Morgan fingerprint density at radius 3 is 2.60 bits per heavy atom. The molecule has 0 saturated carbocycles. The smallest absolute Gasteiger partial charge is 0.115 e. The van der Waals surface area contributed by atoms with Crippen LogP contribution >= 0.6 is 0 Å². The fraction of sp³-hybridized carbons (Fsp3) is 0.182.